The van der Waals surface area contributed by atoms with Crippen LogP contribution in [0.5, 0.6) is 0 Å². The second-order valence-corrected chi connectivity index (χ2v) is 6.88. The molecule has 23 heavy (non-hydrogen) atoms. The summed E-state index contributed by atoms with van der Waals surface area (Å²) in [5.74, 6) is 0. The molecular weight excluding hydrogens is 338 g/mol. The first-order valence-electron chi connectivity index (χ1n) is 6.69. The molecule has 0 unspecified atom stereocenters. The van der Waals surface area contributed by atoms with Crippen molar-refractivity contribution < 1.29 is 13.2 Å². The summed E-state index contributed by atoms with van der Waals surface area (Å²) in [5.41, 5.74) is 1.78. The van der Waals surface area contributed by atoms with Crippen molar-refractivity contribution in [2.75, 3.05) is 17.1 Å². The van der Waals surface area contributed by atoms with Gasteiger partial charge in [0, 0.05) is 18.4 Å². The quantitative estimate of drug-likeness (QED) is 0.788. The standard InChI is InChI=1S/C15H16ClN3O3S/c1-10-3-8-14(13(16)9-10)23(21,22)19-12-6-4-11(5-7-12)18-15(20)17-2/h3-9,19H,1-2H3,(H2,17,18,20). The Morgan fingerprint density at radius 3 is 2.22 bits per heavy atom. The van der Waals surface area contributed by atoms with Gasteiger partial charge in [0.05, 0.1) is 5.02 Å². The van der Waals surface area contributed by atoms with Crippen LogP contribution in [0.1, 0.15) is 5.56 Å². The Hall–Kier alpha value is -2.25. The van der Waals surface area contributed by atoms with Crippen LogP contribution in [-0.4, -0.2) is 21.5 Å². The Bertz CT molecular complexity index is 820. The van der Waals surface area contributed by atoms with Crippen LogP contribution in [0, 0.1) is 6.92 Å². The van der Waals surface area contributed by atoms with Gasteiger partial charge in [-0.25, -0.2) is 13.2 Å². The largest absolute Gasteiger partial charge is 0.341 e. The van der Waals surface area contributed by atoms with Crippen LogP contribution in [0.15, 0.2) is 47.4 Å². The van der Waals surface area contributed by atoms with Crippen molar-refractivity contribution in [2.45, 2.75) is 11.8 Å². The first-order valence-corrected chi connectivity index (χ1v) is 8.56. The van der Waals surface area contributed by atoms with Crippen molar-refractivity contribution in [3.63, 3.8) is 0 Å². The molecule has 0 aromatic heterocycles. The molecule has 0 spiro atoms. The summed E-state index contributed by atoms with van der Waals surface area (Å²) in [6.45, 7) is 1.83. The van der Waals surface area contributed by atoms with Gasteiger partial charge in [0.15, 0.2) is 0 Å². The normalized spacial score (nSPS) is 10.9. The Balaban J connectivity index is 2.19. The predicted octanol–water partition coefficient (Wildman–Crippen LogP) is 3.20. The molecule has 2 aromatic rings. The summed E-state index contributed by atoms with van der Waals surface area (Å²) in [5, 5.41) is 5.17. The molecule has 0 atom stereocenters. The second-order valence-electron chi connectivity index (χ2n) is 4.82. The number of aryl methyl sites for hydroxylation is 1. The van der Waals surface area contributed by atoms with Gasteiger partial charge >= 0.3 is 6.03 Å². The number of nitrogens with one attached hydrogen (secondary N) is 3. The zero-order chi connectivity index (χ0) is 17.0. The summed E-state index contributed by atoms with van der Waals surface area (Å²) >= 11 is 6.01. The number of hydrogen-bond acceptors (Lipinski definition) is 3. The van der Waals surface area contributed by atoms with E-state index in [9.17, 15) is 13.2 Å². The van der Waals surface area contributed by atoms with E-state index in [0.29, 0.717) is 11.4 Å². The van der Waals surface area contributed by atoms with Crippen LogP contribution >= 0.6 is 11.6 Å². The first-order chi connectivity index (χ1) is 10.8. The average Bonchev–Trinajstić information content (AvgIpc) is 2.48. The van der Waals surface area contributed by atoms with E-state index in [4.69, 9.17) is 11.6 Å². The van der Waals surface area contributed by atoms with Crippen molar-refractivity contribution in [3.05, 3.63) is 53.1 Å². The second kappa shape index (κ2) is 6.89. The number of urea groups is 1. The number of amides is 2. The number of benzene rings is 2. The molecule has 2 amide bonds. The van der Waals surface area contributed by atoms with Gasteiger partial charge in [-0.2, -0.15) is 0 Å². The molecule has 122 valence electrons. The number of hydrogen-bond donors (Lipinski definition) is 3. The minimum atomic E-state index is -3.78. The third kappa shape index (κ3) is 4.37. The van der Waals surface area contributed by atoms with E-state index in [-0.39, 0.29) is 15.9 Å². The maximum Gasteiger partial charge on any atom is 0.318 e. The Morgan fingerprint density at radius 1 is 1.04 bits per heavy atom. The van der Waals surface area contributed by atoms with Gasteiger partial charge in [0.25, 0.3) is 10.0 Å². The van der Waals surface area contributed by atoms with Gasteiger partial charge in [-0.1, -0.05) is 17.7 Å². The smallest absolute Gasteiger partial charge is 0.318 e. The highest BCUT2D eigenvalue weighted by Crippen LogP contribution is 2.25. The molecule has 0 heterocycles. The Morgan fingerprint density at radius 2 is 1.65 bits per heavy atom. The van der Waals surface area contributed by atoms with Crippen LogP contribution in [0.2, 0.25) is 5.02 Å². The van der Waals surface area contributed by atoms with E-state index >= 15 is 0 Å². The zero-order valence-corrected chi connectivity index (χ0v) is 14.1. The van der Waals surface area contributed by atoms with E-state index < -0.39 is 10.0 Å². The number of carbonyl (C=O) groups is 1. The van der Waals surface area contributed by atoms with Crippen molar-refractivity contribution >= 4 is 39.0 Å². The van der Waals surface area contributed by atoms with Gasteiger partial charge in [0.1, 0.15) is 4.90 Å². The van der Waals surface area contributed by atoms with Gasteiger partial charge in [0.2, 0.25) is 0 Å². The van der Waals surface area contributed by atoms with Crippen molar-refractivity contribution in [3.8, 4) is 0 Å². The molecule has 0 aliphatic heterocycles. The highest BCUT2D eigenvalue weighted by Gasteiger charge is 2.18. The van der Waals surface area contributed by atoms with E-state index in [2.05, 4.69) is 15.4 Å². The number of halogens is 1. The number of rotatable bonds is 4. The molecule has 0 saturated carbocycles. The summed E-state index contributed by atoms with van der Waals surface area (Å²) in [6, 6.07) is 10.6. The summed E-state index contributed by atoms with van der Waals surface area (Å²) < 4.78 is 27.2. The Labute approximate surface area is 139 Å². The SMILES string of the molecule is CNC(=O)Nc1ccc(NS(=O)(=O)c2ccc(C)cc2Cl)cc1. The molecule has 3 N–H and O–H groups in total. The maximum atomic E-state index is 12.4. The van der Waals surface area contributed by atoms with E-state index in [0.717, 1.165) is 5.56 Å². The van der Waals surface area contributed by atoms with Crippen LogP contribution in [0.4, 0.5) is 16.2 Å². The lowest BCUT2D eigenvalue weighted by molar-refractivity contribution is 0.254. The topological polar surface area (TPSA) is 87.3 Å². The maximum absolute atomic E-state index is 12.4. The number of anilines is 2. The first kappa shape index (κ1) is 17.1. The Kier molecular flexibility index (Phi) is 5.12. The molecule has 2 aromatic carbocycles. The molecule has 6 nitrogen and oxygen atoms in total. The van der Waals surface area contributed by atoms with Gasteiger partial charge in [-0.05, 0) is 48.9 Å². The fraction of sp³-hybridized carbons (Fsp3) is 0.133. The lowest BCUT2D eigenvalue weighted by Crippen LogP contribution is -2.24. The van der Waals surface area contributed by atoms with Crippen LogP contribution in [-0.2, 0) is 10.0 Å². The number of carbonyl (C=O) groups excluding carboxylic acids is 1. The fourth-order valence-electron chi connectivity index (χ4n) is 1.85. The molecule has 2 rings (SSSR count). The van der Waals surface area contributed by atoms with E-state index in [1.54, 1.807) is 36.4 Å². The summed E-state index contributed by atoms with van der Waals surface area (Å²) in [4.78, 5) is 11.2. The molecule has 0 radical (unpaired) electrons. The molecule has 0 aliphatic carbocycles. The third-order valence-corrected chi connectivity index (χ3v) is 4.86. The van der Waals surface area contributed by atoms with E-state index in [1.807, 2.05) is 6.92 Å². The van der Waals surface area contributed by atoms with Gasteiger partial charge < -0.3 is 10.6 Å². The monoisotopic (exact) mass is 353 g/mol. The average molecular weight is 354 g/mol. The minimum absolute atomic E-state index is 0.0114. The van der Waals surface area contributed by atoms with Gasteiger partial charge in [-0.3, -0.25) is 4.72 Å². The molecular formula is C15H16ClN3O3S. The van der Waals surface area contributed by atoms with Crippen LogP contribution in [0.3, 0.4) is 0 Å². The molecule has 0 aliphatic rings. The van der Waals surface area contributed by atoms with E-state index in [1.165, 1.54) is 13.1 Å². The molecule has 8 heteroatoms. The fourth-order valence-corrected chi connectivity index (χ4v) is 3.51. The summed E-state index contributed by atoms with van der Waals surface area (Å²) in [7, 11) is -2.28. The molecule has 0 bridgehead atoms. The summed E-state index contributed by atoms with van der Waals surface area (Å²) in [6.07, 6.45) is 0. The lowest BCUT2D eigenvalue weighted by atomic mass is 10.2. The van der Waals surface area contributed by atoms with Gasteiger partial charge in [-0.15, -0.1) is 0 Å². The van der Waals surface area contributed by atoms with Crippen molar-refractivity contribution in [2.24, 2.45) is 0 Å². The highest BCUT2D eigenvalue weighted by molar-refractivity contribution is 7.92. The molecule has 0 fully saturated rings. The number of sulfonamides is 1. The van der Waals surface area contributed by atoms with Crippen molar-refractivity contribution in [1.29, 1.82) is 0 Å². The minimum Gasteiger partial charge on any atom is -0.341 e. The van der Waals surface area contributed by atoms with Crippen LogP contribution < -0.4 is 15.4 Å². The lowest BCUT2D eigenvalue weighted by Gasteiger charge is -2.11. The van der Waals surface area contributed by atoms with Crippen molar-refractivity contribution in [1.82, 2.24) is 5.32 Å². The highest BCUT2D eigenvalue weighted by atomic mass is 35.5. The zero-order valence-electron chi connectivity index (χ0n) is 12.6. The molecule has 0 saturated heterocycles. The predicted molar refractivity (Wildman–Crippen MR) is 91.5 cm³/mol. The van der Waals surface area contributed by atoms with Crippen LogP contribution in [0.25, 0.3) is 0 Å². The third-order valence-electron chi connectivity index (χ3n) is 3.00.